The van der Waals surface area contributed by atoms with Gasteiger partial charge in [-0.05, 0) is 12.5 Å². The molecule has 1 aromatic rings. The zero-order chi connectivity index (χ0) is 10.9. The van der Waals surface area contributed by atoms with Crippen LogP contribution in [0.15, 0.2) is 18.2 Å². The number of pyridine rings is 1. The lowest BCUT2D eigenvalue weighted by molar-refractivity contribution is 0.00801. The number of rotatable bonds is 3. The van der Waals surface area contributed by atoms with Crippen LogP contribution in [0.1, 0.15) is 13.3 Å². The van der Waals surface area contributed by atoms with Crippen LogP contribution < -0.4 is 9.64 Å². The van der Waals surface area contributed by atoms with Crippen molar-refractivity contribution in [2.24, 2.45) is 0 Å². The van der Waals surface area contributed by atoms with E-state index in [4.69, 9.17) is 4.74 Å². The van der Waals surface area contributed by atoms with Gasteiger partial charge < -0.3 is 14.7 Å². The number of ether oxygens (including phenoxy) is 1. The molecule has 2 heterocycles. The van der Waals surface area contributed by atoms with Crippen LogP contribution in [0.4, 0.5) is 5.82 Å². The predicted octanol–water partition coefficient (Wildman–Crippen LogP) is 1.05. The summed E-state index contributed by atoms with van der Waals surface area (Å²) in [6.45, 7) is 3.31. The van der Waals surface area contributed by atoms with Gasteiger partial charge in [0.25, 0.3) is 0 Å². The van der Waals surface area contributed by atoms with Gasteiger partial charge in [0.1, 0.15) is 5.82 Å². The molecular weight excluding hydrogens is 192 g/mol. The van der Waals surface area contributed by atoms with Gasteiger partial charge in [0, 0.05) is 19.2 Å². The van der Waals surface area contributed by atoms with Crippen molar-refractivity contribution < 1.29 is 9.84 Å². The minimum absolute atomic E-state index is 0.523. The Labute approximate surface area is 89.5 Å². The fourth-order valence-corrected chi connectivity index (χ4v) is 1.74. The Morgan fingerprint density at radius 3 is 2.87 bits per heavy atom. The Bertz CT molecular complexity index is 348. The van der Waals surface area contributed by atoms with E-state index in [1.807, 2.05) is 30.0 Å². The van der Waals surface area contributed by atoms with E-state index >= 15 is 0 Å². The second-order valence-corrected chi connectivity index (χ2v) is 3.97. The van der Waals surface area contributed by atoms with E-state index in [-0.39, 0.29) is 0 Å². The lowest BCUT2D eigenvalue weighted by atomic mass is 9.91. The summed E-state index contributed by atoms with van der Waals surface area (Å²) in [5, 5.41) is 9.88. The van der Waals surface area contributed by atoms with E-state index in [0.717, 1.165) is 12.2 Å². The highest BCUT2D eigenvalue weighted by Crippen LogP contribution is 2.29. The van der Waals surface area contributed by atoms with Crippen molar-refractivity contribution in [2.45, 2.75) is 18.9 Å². The molecule has 1 saturated heterocycles. The highest BCUT2D eigenvalue weighted by Gasteiger charge is 2.40. The molecule has 1 N–H and O–H groups in total. The van der Waals surface area contributed by atoms with Gasteiger partial charge in [0.2, 0.25) is 5.88 Å². The second kappa shape index (κ2) is 3.70. The van der Waals surface area contributed by atoms with Crippen molar-refractivity contribution in [3.8, 4) is 5.88 Å². The number of hydrogen-bond acceptors (Lipinski definition) is 4. The summed E-state index contributed by atoms with van der Waals surface area (Å²) in [4.78, 5) is 6.35. The average molecular weight is 208 g/mol. The molecule has 0 aliphatic carbocycles. The maximum absolute atomic E-state index is 9.88. The molecule has 0 spiro atoms. The second-order valence-electron chi connectivity index (χ2n) is 3.97. The number of aromatic nitrogens is 1. The first-order valence-corrected chi connectivity index (χ1v) is 5.15. The molecule has 0 saturated carbocycles. The van der Waals surface area contributed by atoms with Crippen LogP contribution in [0.2, 0.25) is 0 Å². The van der Waals surface area contributed by atoms with Crippen LogP contribution in [0, 0.1) is 0 Å². The Morgan fingerprint density at radius 1 is 1.53 bits per heavy atom. The molecule has 4 heteroatoms. The van der Waals surface area contributed by atoms with Gasteiger partial charge >= 0.3 is 0 Å². The highest BCUT2D eigenvalue weighted by atomic mass is 16.5. The Balaban J connectivity index is 2.06. The van der Waals surface area contributed by atoms with Crippen LogP contribution in [-0.2, 0) is 0 Å². The molecule has 1 aliphatic rings. The number of nitrogens with zero attached hydrogens (tertiary/aromatic N) is 2. The minimum atomic E-state index is -0.523. The van der Waals surface area contributed by atoms with Gasteiger partial charge in [0.05, 0.1) is 12.7 Å². The third kappa shape index (κ3) is 1.90. The van der Waals surface area contributed by atoms with E-state index in [0.29, 0.717) is 19.0 Å². The maximum Gasteiger partial charge on any atom is 0.214 e. The summed E-state index contributed by atoms with van der Waals surface area (Å²) >= 11 is 0. The summed E-state index contributed by atoms with van der Waals surface area (Å²) in [6.07, 6.45) is 0.785. The SMILES string of the molecule is CCC1(O)CN(c2cccc(OC)n2)C1. The molecular formula is C11H16N2O2. The number of anilines is 1. The molecule has 0 unspecified atom stereocenters. The number of β-amino-alcohol motifs (C(OH)–C–C–N with tert-alkyl or cyclic N) is 1. The lowest BCUT2D eigenvalue weighted by Gasteiger charge is -2.46. The third-order valence-electron chi connectivity index (χ3n) is 2.87. The monoisotopic (exact) mass is 208 g/mol. The first-order chi connectivity index (χ1) is 7.17. The van der Waals surface area contributed by atoms with Crippen molar-refractivity contribution in [1.29, 1.82) is 0 Å². The molecule has 2 rings (SSSR count). The predicted molar refractivity (Wildman–Crippen MR) is 58.2 cm³/mol. The minimum Gasteiger partial charge on any atom is -0.481 e. The van der Waals surface area contributed by atoms with Crippen molar-refractivity contribution >= 4 is 5.82 Å². The summed E-state index contributed by atoms with van der Waals surface area (Å²) in [5.74, 6) is 1.48. The van der Waals surface area contributed by atoms with E-state index in [1.165, 1.54) is 0 Å². The van der Waals surface area contributed by atoms with Gasteiger partial charge in [0.15, 0.2) is 0 Å². The molecule has 0 aromatic carbocycles. The van der Waals surface area contributed by atoms with Gasteiger partial charge in [-0.3, -0.25) is 0 Å². The molecule has 0 atom stereocenters. The van der Waals surface area contributed by atoms with E-state index in [9.17, 15) is 5.11 Å². The van der Waals surface area contributed by atoms with Gasteiger partial charge in [-0.15, -0.1) is 0 Å². The average Bonchev–Trinajstić information content (AvgIpc) is 2.25. The van der Waals surface area contributed by atoms with Crippen molar-refractivity contribution in [3.05, 3.63) is 18.2 Å². The normalized spacial score (nSPS) is 18.5. The Morgan fingerprint density at radius 2 is 2.27 bits per heavy atom. The first kappa shape index (κ1) is 10.2. The Kier molecular flexibility index (Phi) is 2.52. The number of hydrogen-bond donors (Lipinski definition) is 1. The topological polar surface area (TPSA) is 45.6 Å². The summed E-state index contributed by atoms with van der Waals surface area (Å²) in [6, 6.07) is 5.65. The first-order valence-electron chi connectivity index (χ1n) is 5.15. The molecule has 4 nitrogen and oxygen atoms in total. The van der Waals surface area contributed by atoms with Gasteiger partial charge in [-0.25, -0.2) is 0 Å². The molecule has 1 aromatic heterocycles. The summed E-state index contributed by atoms with van der Waals surface area (Å²) in [5.41, 5.74) is -0.523. The zero-order valence-electron chi connectivity index (χ0n) is 9.10. The van der Waals surface area contributed by atoms with E-state index < -0.39 is 5.60 Å². The fraction of sp³-hybridized carbons (Fsp3) is 0.545. The third-order valence-corrected chi connectivity index (χ3v) is 2.87. The van der Waals surface area contributed by atoms with Crippen molar-refractivity contribution in [2.75, 3.05) is 25.1 Å². The molecule has 82 valence electrons. The van der Waals surface area contributed by atoms with Crippen LogP contribution in [-0.4, -0.2) is 35.9 Å². The quantitative estimate of drug-likeness (QED) is 0.806. The lowest BCUT2D eigenvalue weighted by Crippen LogP contribution is -2.61. The largest absolute Gasteiger partial charge is 0.481 e. The van der Waals surface area contributed by atoms with Crippen LogP contribution in [0.25, 0.3) is 0 Å². The molecule has 1 fully saturated rings. The molecule has 1 aliphatic heterocycles. The smallest absolute Gasteiger partial charge is 0.214 e. The summed E-state index contributed by atoms with van der Waals surface area (Å²) < 4.78 is 5.05. The summed E-state index contributed by atoms with van der Waals surface area (Å²) in [7, 11) is 1.60. The van der Waals surface area contributed by atoms with Crippen LogP contribution >= 0.6 is 0 Å². The fourth-order valence-electron chi connectivity index (χ4n) is 1.74. The van der Waals surface area contributed by atoms with E-state index in [1.54, 1.807) is 7.11 Å². The molecule has 0 radical (unpaired) electrons. The molecule has 15 heavy (non-hydrogen) atoms. The zero-order valence-corrected chi connectivity index (χ0v) is 9.10. The maximum atomic E-state index is 9.88. The van der Waals surface area contributed by atoms with Crippen molar-refractivity contribution in [3.63, 3.8) is 0 Å². The van der Waals surface area contributed by atoms with E-state index in [2.05, 4.69) is 4.98 Å². The Hall–Kier alpha value is -1.29. The molecule has 0 bridgehead atoms. The van der Waals surface area contributed by atoms with Gasteiger partial charge in [-0.2, -0.15) is 4.98 Å². The van der Waals surface area contributed by atoms with Crippen LogP contribution in [0.5, 0.6) is 5.88 Å². The number of methoxy groups -OCH3 is 1. The number of aliphatic hydroxyl groups is 1. The van der Waals surface area contributed by atoms with Crippen molar-refractivity contribution in [1.82, 2.24) is 4.98 Å². The highest BCUT2D eigenvalue weighted by molar-refractivity contribution is 5.45. The molecule has 0 amide bonds. The van der Waals surface area contributed by atoms with Crippen LogP contribution in [0.3, 0.4) is 0 Å². The van der Waals surface area contributed by atoms with Gasteiger partial charge in [-0.1, -0.05) is 13.0 Å². The standard InChI is InChI=1S/C11H16N2O2/c1-3-11(14)7-13(8-11)9-5-4-6-10(12-9)15-2/h4-6,14H,3,7-8H2,1-2H3.